The van der Waals surface area contributed by atoms with Gasteiger partial charge < -0.3 is 10.0 Å². The van der Waals surface area contributed by atoms with E-state index in [1.807, 2.05) is 18.5 Å². The van der Waals surface area contributed by atoms with E-state index in [1.54, 1.807) is 17.9 Å². The predicted molar refractivity (Wildman–Crippen MR) is 83.8 cm³/mol. The molecule has 122 valence electrons. The molecule has 0 saturated carbocycles. The lowest BCUT2D eigenvalue weighted by Gasteiger charge is -2.27. The molecule has 1 aliphatic rings. The molecule has 2 aromatic rings. The smallest absolute Gasteiger partial charge is 0.272 e. The molecule has 1 aliphatic heterocycles. The van der Waals surface area contributed by atoms with Crippen LogP contribution in [0, 0.1) is 13.8 Å². The summed E-state index contributed by atoms with van der Waals surface area (Å²) in [6.07, 6.45) is 0.741. The maximum absolute atomic E-state index is 12.7. The number of carbonyl (C=O) groups excluding carboxylic acids is 1. The Morgan fingerprint density at radius 3 is 2.78 bits per heavy atom. The number of nitrogens with zero attached hydrogens (tertiary/aromatic N) is 5. The fourth-order valence-corrected chi connectivity index (χ4v) is 3.11. The SMILES string of the molecule is CCn1nc(CO)c2c1CCN(C(=O)c1cc(C)nc(C)n1)C2. The first-order valence-corrected chi connectivity index (χ1v) is 7.83. The van der Waals surface area contributed by atoms with Crippen LogP contribution in [-0.4, -0.2) is 42.2 Å². The van der Waals surface area contributed by atoms with E-state index in [2.05, 4.69) is 15.1 Å². The molecule has 23 heavy (non-hydrogen) atoms. The van der Waals surface area contributed by atoms with Crippen LogP contribution in [0.5, 0.6) is 0 Å². The van der Waals surface area contributed by atoms with Gasteiger partial charge in [0.1, 0.15) is 11.5 Å². The van der Waals surface area contributed by atoms with Crippen LogP contribution in [0.1, 0.15) is 45.9 Å². The molecule has 3 rings (SSSR count). The van der Waals surface area contributed by atoms with Crippen molar-refractivity contribution in [3.05, 3.63) is 40.2 Å². The topological polar surface area (TPSA) is 84.1 Å². The molecule has 7 nitrogen and oxygen atoms in total. The third kappa shape index (κ3) is 2.84. The predicted octanol–water partition coefficient (Wildman–Crippen LogP) is 1.00. The highest BCUT2D eigenvalue weighted by atomic mass is 16.3. The van der Waals surface area contributed by atoms with Crippen molar-refractivity contribution in [3.63, 3.8) is 0 Å². The maximum Gasteiger partial charge on any atom is 0.272 e. The second-order valence-corrected chi connectivity index (χ2v) is 5.76. The van der Waals surface area contributed by atoms with Crippen molar-refractivity contribution in [2.45, 2.75) is 46.9 Å². The van der Waals surface area contributed by atoms with Gasteiger partial charge >= 0.3 is 0 Å². The van der Waals surface area contributed by atoms with Crippen LogP contribution in [0.15, 0.2) is 6.07 Å². The summed E-state index contributed by atoms with van der Waals surface area (Å²) in [6, 6.07) is 1.72. The summed E-state index contributed by atoms with van der Waals surface area (Å²) in [5.41, 5.74) is 3.96. The van der Waals surface area contributed by atoms with Crippen molar-refractivity contribution >= 4 is 5.91 Å². The van der Waals surface area contributed by atoms with Crippen LogP contribution in [-0.2, 0) is 26.1 Å². The third-order valence-corrected chi connectivity index (χ3v) is 4.14. The zero-order valence-electron chi connectivity index (χ0n) is 13.7. The number of aryl methyl sites for hydroxylation is 3. The molecule has 0 atom stereocenters. The lowest BCUT2D eigenvalue weighted by molar-refractivity contribution is 0.0725. The second kappa shape index (κ2) is 6.08. The number of amides is 1. The number of hydrogen-bond donors (Lipinski definition) is 1. The molecule has 3 heterocycles. The normalized spacial score (nSPS) is 14.0. The number of rotatable bonds is 3. The highest BCUT2D eigenvalue weighted by Gasteiger charge is 2.28. The van der Waals surface area contributed by atoms with Gasteiger partial charge in [0.05, 0.1) is 12.3 Å². The summed E-state index contributed by atoms with van der Waals surface area (Å²) in [7, 11) is 0. The Morgan fingerprint density at radius 2 is 2.13 bits per heavy atom. The van der Waals surface area contributed by atoms with Crippen molar-refractivity contribution in [1.29, 1.82) is 0 Å². The molecular weight excluding hydrogens is 294 g/mol. The van der Waals surface area contributed by atoms with Crippen LogP contribution >= 0.6 is 0 Å². The fourth-order valence-electron chi connectivity index (χ4n) is 3.11. The van der Waals surface area contributed by atoms with Gasteiger partial charge in [0.15, 0.2) is 0 Å². The molecule has 1 amide bonds. The van der Waals surface area contributed by atoms with E-state index >= 15 is 0 Å². The van der Waals surface area contributed by atoms with E-state index in [0.29, 0.717) is 30.3 Å². The van der Waals surface area contributed by atoms with Crippen molar-refractivity contribution < 1.29 is 9.90 Å². The van der Waals surface area contributed by atoms with E-state index in [9.17, 15) is 9.90 Å². The fraction of sp³-hybridized carbons (Fsp3) is 0.500. The monoisotopic (exact) mass is 315 g/mol. The zero-order chi connectivity index (χ0) is 16.6. The quantitative estimate of drug-likeness (QED) is 0.913. The first-order chi connectivity index (χ1) is 11.0. The molecule has 0 spiro atoms. The Balaban J connectivity index is 1.89. The van der Waals surface area contributed by atoms with Crippen LogP contribution in [0.3, 0.4) is 0 Å². The van der Waals surface area contributed by atoms with Crippen LogP contribution in [0.25, 0.3) is 0 Å². The summed E-state index contributed by atoms with van der Waals surface area (Å²) < 4.78 is 1.92. The van der Waals surface area contributed by atoms with Gasteiger partial charge in [0.2, 0.25) is 0 Å². The number of aliphatic hydroxyl groups excluding tert-OH is 1. The maximum atomic E-state index is 12.7. The first-order valence-electron chi connectivity index (χ1n) is 7.83. The summed E-state index contributed by atoms with van der Waals surface area (Å²) >= 11 is 0. The van der Waals surface area contributed by atoms with Crippen LogP contribution < -0.4 is 0 Å². The molecule has 1 N–H and O–H groups in total. The van der Waals surface area contributed by atoms with Crippen molar-refractivity contribution in [3.8, 4) is 0 Å². The Hall–Kier alpha value is -2.28. The van der Waals surface area contributed by atoms with Crippen LogP contribution in [0.2, 0.25) is 0 Å². The Bertz CT molecular complexity index is 733. The molecular formula is C16H21N5O2. The Morgan fingerprint density at radius 1 is 1.35 bits per heavy atom. The molecule has 0 saturated heterocycles. The lowest BCUT2D eigenvalue weighted by Crippen LogP contribution is -2.37. The minimum atomic E-state index is -0.108. The number of aromatic nitrogens is 4. The standard InChI is InChI=1S/C16H21N5O2/c1-4-21-15-5-6-20(8-12(15)14(9-22)19-21)16(23)13-7-10(2)17-11(3)18-13/h7,22H,4-6,8-9H2,1-3H3. The number of hydrogen-bond acceptors (Lipinski definition) is 5. The van der Waals surface area contributed by atoms with Crippen molar-refractivity contribution in [1.82, 2.24) is 24.6 Å². The number of aliphatic hydroxyl groups is 1. The highest BCUT2D eigenvalue weighted by molar-refractivity contribution is 5.92. The van der Waals surface area contributed by atoms with Gasteiger partial charge in [-0.2, -0.15) is 5.10 Å². The van der Waals surface area contributed by atoms with Gasteiger partial charge in [-0.25, -0.2) is 9.97 Å². The molecule has 0 fully saturated rings. The van der Waals surface area contributed by atoms with E-state index in [4.69, 9.17) is 0 Å². The van der Waals surface area contributed by atoms with Gasteiger partial charge in [-0.05, 0) is 26.8 Å². The van der Waals surface area contributed by atoms with Crippen molar-refractivity contribution in [2.75, 3.05) is 6.54 Å². The third-order valence-electron chi connectivity index (χ3n) is 4.14. The van der Waals surface area contributed by atoms with E-state index < -0.39 is 0 Å². The van der Waals surface area contributed by atoms with Gasteiger partial charge in [-0.15, -0.1) is 0 Å². The molecule has 7 heteroatoms. The van der Waals surface area contributed by atoms with Gasteiger partial charge in [0, 0.05) is 43.0 Å². The van der Waals surface area contributed by atoms with Crippen LogP contribution in [0.4, 0.5) is 0 Å². The van der Waals surface area contributed by atoms with E-state index in [-0.39, 0.29) is 12.5 Å². The molecule has 0 unspecified atom stereocenters. The number of fused-ring (bicyclic) bond motifs is 1. The zero-order valence-corrected chi connectivity index (χ0v) is 13.7. The van der Waals surface area contributed by atoms with E-state index in [0.717, 1.165) is 29.9 Å². The van der Waals surface area contributed by atoms with Crippen molar-refractivity contribution in [2.24, 2.45) is 0 Å². The molecule has 2 aromatic heterocycles. The van der Waals surface area contributed by atoms with E-state index in [1.165, 1.54) is 0 Å². The number of carbonyl (C=O) groups is 1. The summed E-state index contributed by atoms with van der Waals surface area (Å²) in [5, 5.41) is 13.9. The summed E-state index contributed by atoms with van der Waals surface area (Å²) in [5.74, 6) is 0.498. The average Bonchev–Trinajstić information content (AvgIpc) is 2.90. The molecule has 0 radical (unpaired) electrons. The first kappa shape index (κ1) is 15.6. The summed E-state index contributed by atoms with van der Waals surface area (Å²) in [4.78, 5) is 23.0. The Kier molecular flexibility index (Phi) is 4.12. The van der Waals surface area contributed by atoms with Gasteiger partial charge in [0.25, 0.3) is 5.91 Å². The minimum Gasteiger partial charge on any atom is -0.390 e. The average molecular weight is 315 g/mol. The summed E-state index contributed by atoms with van der Waals surface area (Å²) in [6.45, 7) is 7.42. The van der Waals surface area contributed by atoms with Gasteiger partial charge in [-0.3, -0.25) is 9.48 Å². The largest absolute Gasteiger partial charge is 0.390 e. The Labute approximate surface area is 135 Å². The second-order valence-electron chi connectivity index (χ2n) is 5.76. The molecule has 0 bridgehead atoms. The lowest BCUT2D eigenvalue weighted by atomic mass is 10.0. The molecule has 0 aromatic carbocycles. The highest BCUT2D eigenvalue weighted by Crippen LogP contribution is 2.24. The van der Waals surface area contributed by atoms with Gasteiger partial charge in [-0.1, -0.05) is 0 Å². The minimum absolute atomic E-state index is 0.0996. The molecule has 0 aliphatic carbocycles.